The fourth-order valence-corrected chi connectivity index (χ4v) is 2.46. The van der Waals surface area contributed by atoms with Gasteiger partial charge in [-0.05, 0) is 30.5 Å². The Bertz CT molecular complexity index is 646. The van der Waals surface area contributed by atoms with Gasteiger partial charge in [0.15, 0.2) is 0 Å². The van der Waals surface area contributed by atoms with Crippen LogP contribution in [0.5, 0.6) is 0 Å². The number of hydrogen-bond acceptors (Lipinski definition) is 6. The number of benzene rings is 1. The maximum absolute atomic E-state index is 12.4. The van der Waals surface area contributed by atoms with E-state index in [2.05, 4.69) is 20.7 Å². The van der Waals surface area contributed by atoms with E-state index in [1.54, 1.807) is 31.2 Å². The molecule has 0 heterocycles. The average Bonchev–Trinajstić information content (AvgIpc) is 2.66. The van der Waals surface area contributed by atoms with Crippen LogP contribution in [0, 0.1) is 5.92 Å². The van der Waals surface area contributed by atoms with Crippen molar-refractivity contribution >= 4 is 23.5 Å². The molecule has 8 nitrogen and oxygen atoms in total. The summed E-state index contributed by atoms with van der Waals surface area (Å²) in [6.07, 6.45) is 0.473. The molecule has 8 heteroatoms. The van der Waals surface area contributed by atoms with Gasteiger partial charge >= 0.3 is 5.97 Å². The van der Waals surface area contributed by atoms with Crippen molar-refractivity contribution in [3.63, 3.8) is 0 Å². The monoisotopic (exact) mass is 392 g/mol. The predicted molar refractivity (Wildman–Crippen MR) is 109 cm³/mol. The third-order valence-corrected chi connectivity index (χ3v) is 4.36. The van der Waals surface area contributed by atoms with Gasteiger partial charge in [0.2, 0.25) is 11.8 Å². The minimum Gasteiger partial charge on any atom is -0.469 e. The molecular formula is C20H32N4O4. The fraction of sp³-hybridized carbons (Fsp3) is 0.550. The zero-order valence-corrected chi connectivity index (χ0v) is 17.1. The van der Waals surface area contributed by atoms with Gasteiger partial charge in [0.25, 0.3) is 0 Å². The average molecular weight is 393 g/mol. The van der Waals surface area contributed by atoms with Gasteiger partial charge in [0.05, 0.1) is 19.6 Å². The number of carbonyl (C=O) groups is 3. The first-order valence-electron chi connectivity index (χ1n) is 9.46. The number of ether oxygens (including phenoxy) is 1. The van der Waals surface area contributed by atoms with Crippen molar-refractivity contribution < 1.29 is 19.1 Å². The number of methoxy groups -OCH3 is 1. The van der Waals surface area contributed by atoms with E-state index in [-0.39, 0.29) is 42.6 Å². The summed E-state index contributed by atoms with van der Waals surface area (Å²) in [6, 6.07) is 6.49. The molecule has 0 unspecified atom stereocenters. The normalized spacial score (nSPS) is 12.9. The van der Waals surface area contributed by atoms with Crippen LogP contribution in [-0.2, 0) is 25.5 Å². The number of anilines is 1. The lowest BCUT2D eigenvalue weighted by Crippen LogP contribution is -2.49. The lowest BCUT2D eigenvalue weighted by Gasteiger charge is -2.24. The number of nitrogens with one attached hydrogen (secondary N) is 3. The number of hydrogen-bond donors (Lipinski definition) is 4. The van der Waals surface area contributed by atoms with E-state index in [1.807, 2.05) is 13.8 Å². The summed E-state index contributed by atoms with van der Waals surface area (Å²) in [4.78, 5) is 35.4. The van der Waals surface area contributed by atoms with E-state index < -0.39 is 6.04 Å². The molecule has 2 amide bonds. The minimum atomic E-state index is -0.442. The van der Waals surface area contributed by atoms with Crippen LogP contribution in [0.2, 0.25) is 0 Å². The van der Waals surface area contributed by atoms with Gasteiger partial charge in [-0.1, -0.05) is 26.0 Å². The van der Waals surface area contributed by atoms with Crippen molar-refractivity contribution in [2.75, 3.05) is 25.5 Å². The third kappa shape index (κ3) is 8.49. The van der Waals surface area contributed by atoms with Gasteiger partial charge in [-0.15, -0.1) is 0 Å². The van der Waals surface area contributed by atoms with Crippen molar-refractivity contribution in [2.45, 2.75) is 45.7 Å². The smallest absolute Gasteiger partial charge is 0.309 e. The van der Waals surface area contributed by atoms with Gasteiger partial charge in [-0.2, -0.15) is 0 Å². The Hall–Kier alpha value is -2.45. The van der Waals surface area contributed by atoms with Crippen LogP contribution in [0.4, 0.5) is 5.69 Å². The number of esters is 1. The van der Waals surface area contributed by atoms with E-state index >= 15 is 0 Å². The Labute approximate surface area is 166 Å². The highest BCUT2D eigenvalue weighted by atomic mass is 16.5. The molecule has 0 aliphatic rings. The lowest BCUT2D eigenvalue weighted by atomic mass is 10.0. The second-order valence-electron chi connectivity index (χ2n) is 7.03. The number of carbonyl (C=O) groups excluding carboxylic acids is 3. The Balaban J connectivity index is 2.52. The number of rotatable bonds is 11. The highest BCUT2D eigenvalue weighted by Gasteiger charge is 2.19. The minimum absolute atomic E-state index is 0.0906. The summed E-state index contributed by atoms with van der Waals surface area (Å²) in [6.45, 7) is 6.56. The topological polar surface area (TPSA) is 123 Å². The fourth-order valence-electron chi connectivity index (χ4n) is 2.46. The van der Waals surface area contributed by atoms with Crippen LogP contribution < -0.4 is 21.7 Å². The van der Waals surface area contributed by atoms with Crippen LogP contribution in [0.25, 0.3) is 0 Å². The van der Waals surface area contributed by atoms with Gasteiger partial charge < -0.3 is 26.4 Å². The third-order valence-electron chi connectivity index (χ3n) is 4.36. The van der Waals surface area contributed by atoms with E-state index in [9.17, 15) is 14.4 Å². The summed E-state index contributed by atoms with van der Waals surface area (Å²) in [7, 11) is 1.35. The van der Waals surface area contributed by atoms with Crippen LogP contribution in [0.1, 0.15) is 32.8 Å². The lowest BCUT2D eigenvalue weighted by molar-refractivity contribution is -0.139. The number of nitrogens with two attached hydrogens (primary N) is 1. The van der Waals surface area contributed by atoms with Crippen LogP contribution >= 0.6 is 0 Å². The van der Waals surface area contributed by atoms with Gasteiger partial charge in [0, 0.05) is 31.2 Å². The summed E-state index contributed by atoms with van der Waals surface area (Å²) in [5, 5.41) is 8.92. The second kappa shape index (κ2) is 12.1. The van der Waals surface area contributed by atoms with Crippen molar-refractivity contribution in [3.05, 3.63) is 29.8 Å². The molecule has 1 aromatic carbocycles. The van der Waals surface area contributed by atoms with Crippen molar-refractivity contribution in [1.82, 2.24) is 10.6 Å². The molecule has 0 saturated heterocycles. The molecule has 0 radical (unpaired) electrons. The maximum atomic E-state index is 12.4. The van der Waals surface area contributed by atoms with Crippen molar-refractivity contribution in [2.24, 2.45) is 11.7 Å². The Kier molecular flexibility index (Phi) is 10.2. The molecule has 0 fully saturated rings. The zero-order valence-electron chi connectivity index (χ0n) is 17.1. The quantitative estimate of drug-likeness (QED) is 0.413. The predicted octanol–water partition coefficient (Wildman–Crippen LogP) is 0.808. The summed E-state index contributed by atoms with van der Waals surface area (Å²) >= 11 is 0. The molecule has 5 N–H and O–H groups in total. The first-order chi connectivity index (χ1) is 13.3. The molecule has 0 spiro atoms. The highest BCUT2D eigenvalue weighted by Crippen LogP contribution is 2.11. The molecule has 1 rings (SSSR count). The largest absolute Gasteiger partial charge is 0.469 e. The molecule has 0 aliphatic carbocycles. The molecule has 1 aromatic rings. The Morgan fingerprint density at radius 1 is 1.11 bits per heavy atom. The molecule has 0 aliphatic heterocycles. The highest BCUT2D eigenvalue weighted by molar-refractivity contribution is 5.94. The van der Waals surface area contributed by atoms with Crippen LogP contribution in [0.15, 0.2) is 24.3 Å². The summed E-state index contributed by atoms with van der Waals surface area (Å²) in [5.74, 6) is -0.372. The molecule has 156 valence electrons. The van der Waals surface area contributed by atoms with Gasteiger partial charge in [-0.25, -0.2) is 0 Å². The van der Waals surface area contributed by atoms with Crippen LogP contribution in [0.3, 0.4) is 0 Å². The Morgan fingerprint density at radius 2 is 1.75 bits per heavy atom. The first kappa shape index (κ1) is 23.6. The molecule has 2 atom stereocenters. The van der Waals surface area contributed by atoms with Crippen LogP contribution in [-0.4, -0.2) is 50.1 Å². The molecule has 0 bridgehead atoms. The summed E-state index contributed by atoms with van der Waals surface area (Å²) in [5.41, 5.74) is 6.86. The molecule has 0 saturated carbocycles. The number of amides is 2. The van der Waals surface area contributed by atoms with E-state index in [4.69, 9.17) is 5.73 Å². The van der Waals surface area contributed by atoms with Gasteiger partial charge in [-0.3, -0.25) is 14.4 Å². The Morgan fingerprint density at radius 3 is 2.29 bits per heavy atom. The van der Waals surface area contributed by atoms with E-state index in [0.717, 1.165) is 5.56 Å². The van der Waals surface area contributed by atoms with E-state index in [1.165, 1.54) is 7.11 Å². The first-order valence-corrected chi connectivity index (χ1v) is 9.46. The van der Waals surface area contributed by atoms with Crippen molar-refractivity contribution in [1.29, 1.82) is 0 Å². The SMILES string of the molecule is COC(=O)Cc1ccc(NC(=O)[C@H](C)NC[C@@H](NC(=O)CCN)C(C)C)cc1. The second-order valence-corrected chi connectivity index (χ2v) is 7.03. The van der Waals surface area contributed by atoms with Crippen molar-refractivity contribution in [3.8, 4) is 0 Å². The standard InChI is InChI=1S/C20H32N4O4/c1-13(2)17(24-18(25)9-10-21)12-22-14(3)20(27)23-16-7-5-15(6-8-16)11-19(26)28-4/h5-8,13-14,17,22H,9-12,21H2,1-4H3,(H,23,27)(H,24,25)/t14-,17+/m0/s1. The van der Waals surface area contributed by atoms with Gasteiger partial charge in [0.1, 0.15) is 0 Å². The molecule has 28 heavy (non-hydrogen) atoms. The molecule has 0 aromatic heterocycles. The van der Waals surface area contributed by atoms with E-state index in [0.29, 0.717) is 18.8 Å². The zero-order chi connectivity index (χ0) is 21.1. The molecular weight excluding hydrogens is 360 g/mol. The maximum Gasteiger partial charge on any atom is 0.309 e. The summed E-state index contributed by atoms with van der Waals surface area (Å²) < 4.78 is 4.63.